The Kier molecular flexibility index (Phi) is 4.48. The van der Waals surface area contributed by atoms with Gasteiger partial charge >= 0.3 is 5.97 Å². The number of carbonyl (C=O) groups excluding carboxylic acids is 2. The molecule has 3 aromatic rings. The van der Waals surface area contributed by atoms with Crippen LogP contribution >= 0.6 is 22.7 Å². The SMILES string of the molecule is CCC(=O)C1=C(O)C(=O)N(c2nc3ccc(C(=O)O)cc3s2)C1c1cccs1. The summed E-state index contributed by atoms with van der Waals surface area (Å²) < 4.78 is 0.599. The molecule has 0 radical (unpaired) electrons. The number of thiophene rings is 1. The third kappa shape index (κ3) is 2.79. The van der Waals surface area contributed by atoms with Gasteiger partial charge in [-0.05, 0) is 29.6 Å². The second kappa shape index (κ2) is 6.84. The van der Waals surface area contributed by atoms with Gasteiger partial charge < -0.3 is 10.2 Å². The zero-order valence-corrected chi connectivity index (χ0v) is 16.2. The van der Waals surface area contributed by atoms with Crippen molar-refractivity contribution in [3.63, 3.8) is 0 Å². The predicted molar refractivity (Wildman–Crippen MR) is 106 cm³/mol. The highest BCUT2D eigenvalue weighted by molar-refractivity contribution is 7.22. The number of carboxylic acid groups (broad SMARTS) is 1. The number of carboxylic acids is 1. The highest BCUT2D eigenvalue weighted by atomic mass is 32.1. The van der Waals surface area contributed by atoms with Gasteiger partial charge in [-0.15, -0.1) is 11.3 Å². The number of thiazole rings is 1. The molecule has 1 amide bonds. The molecular weight excluding hydrogens is 400 g/mol. The summed E-state index contributed by atoms with van der Waals surface area (Å²) >= 11 is 2.52. The number of aliphatic hydroxyl groups is 1. The Labute approximate surface area is 167 Å². The Balaban J connectivity index is 1.86. The van der Waals surface area contributed by atoms with E-state index in [2.05, 4.69) is 4.98 Å². The largest absolute Gasteiger partial charge is 0.503 e. The van der Waals surface area contributed by atoms with Crippen LogP contribution in [-0.2, 0) is 9.59 Å². The first-order chi connectivity index (χ1) is 13.4. The molecule has 0 saturated heterocycles. The van der Waals surface area contributed by atoms with Gasteiger partial charge in [-0.1, -0.05) is 24.3 Å². The summed E-state index contributed by atoms with van der Waals surface area (Å²) in [7, 11) is 0. The van der Waals surface area contributed by atoms with Crippen molar-refractivity contribution in [2.75, 3.05) is 4.90 Å². The fraction of sp³-hybridized carbons (Fsp3) is 0.158. The maximum atomic E-state index is 12.8. The molecule has 1 aliphatic rings. The molecule has 1 aliphatic heterocycles. The number of rotatable bonds is 5. The fourth-order valence-electron chi connectivity index (χ4n) is 3.14. The summed E-state index contributed by atoms with van der Waals surface area (Å²) in [4.78, 5) is 43.0. The third-order valence-electron chi connectivity index (χ3n) is 4.47. The number of fused-ring (bicyclic) bond motifs is 1. The molecule has 1 unspecified atom stereocenters. The van der Waals surface area contributed by atoms with Gasteiger partial charge in [0.05, 0.1) is 21.4 Å². The van der Waals surface area contributed by atoms with E-state index < -0.39 is 23.7 Å². The fourth-order valence-corrected chi connectivity index (χ4v) is 5.00. The maximum Gasteiger partial charge on any atom is 0.335 e. The van der Waals surface area contributed by atoms with E-state index in [1.165, 1.54) is 28.4 Å². The van der Waals surface area contributed by atoms with Crippen molar-refractivity contribution >= 4 is 55.7 Å². The van der Waals surface area contributed by atoms with E-state index in [1.54, 1.807) is 19.1 Å². The van der Waals surface area contributed by atoms with Crippen molar-refractivity contribution in [2.24, 2.45) is 0 Å². The van der Waals surface area contributed by atoms with Crippen molar-refractivity contribution in [2.45, 2.75) is 19.4 Å². The number of benzene rings is 1. The van der Waals surface area contributed by atoms with E-state index >= 15 is 0 Å². The number of hydrogen-bond donors (Lipinski definition) is 2. The topological polar surface area (TPSA) is 108 Å². The number of aliphatic hydroxyl groups excluding tert-OH is 1. The lowest BCUT2D eigenvalue weighted by molar-refractivity contribution is -0.118. The summed E-state index contributed by atoms with van der Waals surface area (Å²) in [5.74, 6) is -2.61. The minimum Gasteiger partial charge on any atom is -0.503 e. The molecule has 4 rings (SSSR count). The van der Waals surface area contributed by atoms with Crippen molar-refractivity contribution in [3.8, 4) is 0 Å². The number of nitrogens with zero attached hydrogens (tertiary/aromatic N) is 2. The highest BCUT2D eigenvalue weighted by Gasteiger charge is 2.45. The zero-order valence-electron chi connectivity index (χ0n) is 14.6. The number of ketones is 1. The average Bonchev–Trinajstić information content (AvgIpc) is 3.39. The van der Waals surface area contributed by atoms with E-state index in [4.69, 9.17) is 0 Å². The average molecular weight is 414 g/mol. The lowest BCUT2D eigenvalue weighted by Crippen LogP contribution is -2.30. The number of amides is 1. The Morgan fingerprint density at radius 3 is 2.71 bits per heavy atom. The molecule has 1 atom stereocenters. The number of carbonyl (C=O) groups is 3. The van der Waals surface area contributed by atoms with Gasteiger partial charge in [0, 0.05) is 11.3 Å². The van der Waals surface area contributed by atoms with Crippen LogP contribution in [0.25, 0.3) is 10.2 Å². The van der Waals surface area contributed by atoms with Gasteiger partial charge in [0.1, 0.15) is 6.04 Å². The van der Waals surface area contributed by atoms with Crippen LogP contribution in [-0.4, -0.2) is 32.9 Å². The molecule has 28 heavy (non-hydrogen) atoms. The van der Waals surface area contributed by atoms with Crippen LogP contribution in [0, 0.1) is 0 Å². The van der Waals surface area contributed by atoms with Crippen molar-refractivity contribution in [1.29, 1.82) is 0 Å². The third-order valence-corrected chi connectivity index (χ3v) is 6.41. The number of hydrogen-bond acceptors (Lipinski definition) is 7. The van der Waals surface area contributed by atoms with Gasteiger partial charge in [0.2, 0.25) is 0 Å². The second-order valence-corrected chi connectivity index (χ2v) is 8.10. The number of anilines is 1. The minimum atomic E-state index is -1.05. The summed E-state index contributed by atoms with van der Waals surface area (Å²) in [6.45, 7) is 1.67. The monoisotopic (exact) mass is 414 g/mol. The first kappa shape index (κ1) is 18.3. The van der Waals surface area contributed by atoms with Crippen LogP contribution in [0.1, 0.15) is 34.6 Å². The maximum absolute atomic E-state index is 12.8. The Bertz CT molecular complexity index is 1150. The van der Waals surface area contributed by atoms with Gasteiger partial charge in [-0.2, -0.15) is 0 Å². The summed E-state index contributed by atoms with van der Waals surface area (Å²) in [6.07, 6.45) is 0.157. The summed E-state index contributed by atoms with van der Waals surface area (Å²) in [6, 6.07) is 7.37. The van der Waals surface area contributed by atoms with E-state index in [0.717, 1.165) is 16.2 Å². The molecule has 1 aromatic carbocycles. The summed E-state index contributed by atoms with van der Waals surface area (Å²) in [5, 5.41) is 21.7. The molecule has 0 fully saturated rings. The predicted octanol–water partition coefficient (Wildman–Crippen LogP) is 3.94. The molecule has 0 bridgehead atoms. The highest BCUT2D eigenvalue weighted by Crippen LogP contribution is 2.44. The van der Waals surface area contributed by atoms with Crippen molar-refractivity contribution in [1.82, 2.24) is 4.98 Å². The van der Waals surface area contributed by atoms with Crippen LogP contribution in [0.5, 0.6) is 0 Å². The quantitative estimate of drug-likeness (QED) is 0.655. The van der Waals surface area contributed by atoms with E-state index in [9.17, 15) is 24.6 Å². The normalized spacial score (nSPS) is 17.0. The molecule has 2 N–H and O–H groups in total. The van der Waals surface area contributed by atoms with Gasteiger partial charge in [0.25, 0.3) is 5.91 Å². The molecule has 0 saturated carbocycles. The molecule has 0 spiro atoms. The Morgan fingerprint density at radius 1 is 1.29 bits per heavy atom. The van der Waals surface area contributed by atoms with Crippen LogP contribution < -0.4 is 4.90 Å². The van der Waals surface area contributed by atoms with Crippen LogP contribution in [0.4, 0.5) is 5.13 Å². The molecule has 2 aromatic heterocycles. The van der Waals surface area contributed by atoms with Crippen LogP contribution in [0.2, 0.25) is 0 Å². The van der Waals surface area contributed by atoms with E-state index in [1.807, 2.05) is 11.4 Å². The number of Topliss-reactive ketones (excluding diaryl/α,β-unsaturated/α-hetero) is 1. The lowest BCUT2D eigenvalue weighted by Gasteiger charge is -2.22. The van der Waals surface area contributed by atoms with E-state index in [-0.39, 0.29) is 23.3 Å². The first-order valence-electron chi connectivity index (χ1n) is 8.39. The number of aromatic nitrogens is 1. The lowest BCUT2D eigenvalue weighted by atomic mass is 10.0. The molecule has 3 heterocycles. The molecule has 9 heteroatoms. The standard InChI is InChI=1S/C19H14N2O5S2/c1-2-11(22)14-15(12-4-3-7-27-12)21(17(24)16(14)23)19-20-10-6-5-9(18(25)26)8-13(10)28-19/h3-8,15,23H,2H2,1H3,(H,25,26). The van der Waals surface area contributed by atoms with Crippen molar-refractivity contribution < 1.29 is 24.6 Å². The smallest absolute Gasteiger partial charge is 0.335 e. The molecular formula is C19H14N2O5S2. The van der Waals surface area contributed by atoms with Crippen LogP contribution in [0.3, 0.4) is 0 Å². The molecule has 142 valence electrons. The summed E-state index contributed by atoms with van der Waals surface area (Å²) in [5.41, 5.74) is 0.728. The first-order valence-corrected chi connectivity index (χ1v) is 10.1. The number of aromatic carboxylic acids is 1. The van der Waals surface area contributed by atoms with Gasteiger partial charge in [0.15, 0.2) is 16.7 Å². The van der Waals surface area contributed by atoms with Crippen LogP contribution in [0.15, 0.2) is 47.0 Å². The zero-order chi connectivity index (χ0) is 20.0. The Hall–Kier alpha value is -3.04. The molecule has 7 nitrogen and oxygen atoms in total. The van der Waals surface area contributed by atoms with Gasteiger partial charge in [-0.25, -0.2) is 9.78 Å². The molecule has 0 aliphatic carbocycles. The Morgan fingerprint density at radius 2 is 2.07 bits per heavy atom. The van der Waals surface area contributed by atoms with Crippen molar-refractivity contribution in [3.05, 3.63) is 57.5 Å². The second-order valence-electron chi connectivity index (χ2n) is 6.12. The minimum absolute atomic E-state index is 0.0698. The van der Waals surface area contributed by atoms with Gasteiger partial charge in [-0.3, -0.25) is 14.5 Å². The van der Waals surface area contributed by atoms with E-state index in [0.29, 0.717) is 15.3 Å².